The number of amides is 1. The standard InChI is InChI=1S/C24H18N4O2S/c1-17-14-21(28-30-17)16-31-24-22(9-5-13-26-24)23(29)27-20-8-4-6-18(15-20)10-11-19-7-2-3-12-25-19/h2-9,12-15H,16H2,1H3,(H,27,29). The summed E-state index contributed by atoms with van der Waals surface area (Å²) in [6, 6.07) is 18.3. The van der Waals surface area contributed by atoms with Crippen molar-refractivity contribution < 1.29 is 9.32 Å². The predicted molar refractivity (Wildman–Crippen MR) is 120 cm³/mol. The molecule has 0 spiro atoms. The molecule has 6 nitrogen and oxygen atoms in total. The van der Waals surface area contributed by atoms with Gasteiger partial charge in [0.1, 0.15) is 16.5 Å². The largest absolute Gasteiger partial charge is 0.361 e. The molecule has 152 valence electrons. The summed E-state index contributed by atoms with van der Waals surface area (Å²) in [5.74, 6) is 7.16. The first-order chi connectivity index (χ1) is 15.2. The number of pyridine rings is 2. The Kier molecular flexibility index (Phi) is 6.41. The highest BCUT2D eigenvalue weighted by atomic mass is 32.2. The molecule has 0 aliphatic heterocycles. The van der Waals surface area contributed by atoms with Gasteiger partial charge in [0.2, 0.25) is 0 Å². The molecular formula is C24H18N4O2S. The molecule has 0 aliphatic rings. The second-order valence-electron chi connectivity index (χ2n) is 6.57. The van der Waals surface area contributed by atoms with Crippen molar-refractivity contribution in [2.24, 2.45) is 0 Å². The van der Waals surface area contributed by atoms with Crippen molar-refractivity contribution in [3.63, 3.8) is 0 Å². The lowest BCUT2D eigenvalue weighted by Gasteiger charge is -2.09. The number of aryl methyl sites for hydroxylation is 1. The predicted octanol–water partition coefficient (Wildman–Crippen LogP) is 4.72. The first-order valence-corrected chi connectivity index (χ1v) is 10.5. The zero-order valence-electron chi connectivity index (χ0n) is 16.7. The van der Waals surface area contributed by atoms with Crippen LogP contribution >= 0.6 is 11.8 Å². The van der Waals surface area contributed by atoms with Crippen LogP contribution in [0.3, 0.4) is 0 Å². The van der Waals surface area contributed by atoms with Gasteiger partial charge in [-0.05, 0) is 55.3 Å². The molecule has 0 unspecified atom stereocenters. The van der Waals surface area contributed by atoms with Gasteiger partial charge in [0, 0.05) is 35.5 Å². The maximum atomic E-state index is 12.9. The number of hydrogen-bond donors (Lipinski definition) is 1. The quantitative estimate of drug-likeness (QED) is 0.367. The van der Waals surface area contributed by atoms with Gasteiger partial charge in [0.05, 0.1) is 11.3 Å². The summed E-state index contributed by atoms with van der Waals surface area (Å²) in [5, 5.41) is 7.54. The van der Waals surface area contributed by atoms with E-state index in [1.165, 1.54) is 11.8 Å². The number of rotatable bonds is 5. The van der Waals surface area contributed by atoms with Crippen molar-refractivity contribution in [2.75, 3.05) is 5.32 Å². The van der Waals surface area contributed by atoms with Crippen LogP contribution in [-0.2, 0) is 5.75 Å². The molecule has 1 aromatic carbocycles. The number of nitrogens with zero attached hydrogens (tertiary/aromatic N) is 3. The molecule has 3 aromatic heterocycles. The van der Waals surface area contributed by atoms with E-state index >= 15 is 0 Å². The van der Waals surface area contributed by atoms with Crippen molar-refractivity contribution in [3.05, 3.63) is 101 Å². The zero-order chi connectivity index (χ0) is 21.5. The number of anilines is 1. The zero-order valence-corrected chi connectivity index (χ0v) is 17.5. The van der Waals surface area contributed by atoms with E-state index in [1.54, 1.807) is 24.5 Å². The third-order valence-electron chi connectivity index (χ3n) is 4.17. The van der Waals surface area contributed by atoms with Crippen molar-refractivity contribution in [1.29, 1.82) is 0 Å². The Hall–Kier alpha value is -3.89. The number of thioether (sulfide) groups is 1. The van der Waals surface area contributed by atoms with Crippen LogP contribution in [0.4, 0.5) is 5.69 Å². The van der Waals surface area contributed by atoms with Gasteiger partial charge in [-0.1, -0.05) is 35.0 Å². The van der Waals surface area contributed by atoms with Crippen molar-refractivity contribution >= 4 is 23.4 Å². The molecule has 1 amide bonds. The third-order valence-corrected chi connectivity index (χ3v) is 5.21. The highest BCUT2D eigenvalue weighted by Crippen LogP contribution is 2.25. The summed E-state index contributed by atoms with van der Waals surface area (Å²) >= 11 is 1.44. The van der Waals surface area contributed by atoms with Gasteiger partial charge in [-0.3, -0.25) is 4.79 Å². The molecule has 3 heterocycles. The minimum atomic E-state index is -0.234. The molecule has 0 saturated carbocycles. The van der Waals surface area contributed by atoms with E-state index in [2.05, 4.69) is 32.3 Å². The van der Waals surface area contributed by atoms with E-state index < -0.39 is 0 Å². The smallest absolute Gasteiger partial charge is 0.258 e. The molecule has 0 fully saturated rings. The number of hydrogen-bond acceptors (Lipinski definition) is 6. The molecule has 0 saturated heterocycles. The number of aromatic nitrogens is 3. The summed E-state index contributed by atoms with van der Waals surface area (Å²) in [6.07, 6.45) is 3.37. The number of nitrogens with one attached hydrogen (secondary N) is 1. The van der Waals surface area contributed by atoms with Crippen molar-refractivity contribution in [2.45, 2.75) is 17.7 Å². The average Bonchev–Trinajstić information content (AvgIpc) is 3.22. The molecule has 4 rings (SSSR count). The van der Waals surface area contributed by atoms with E-state index in [9.17, 15) is 4.79 Å². The molecule has 0 aliphatic carbocycles. The topological polar surface area (TPSA) is 80.9 Å². The van der Waals surface area contributed by atoms with Gasteiger partial charge in [0.25, 0.3) is 5.91 Å². The lowest BCUT2D eigenvalue weighted by molar-refractivity contribution is 0.102. The number of carbonyl (C=O) groups excluding carboxylic acids is 1. The van der Waals surface area contributed by atoms with Gasteiger partial charge in [-0.15, -0.1) is 0 Å². The molecule has 0 radical (unpaired) electrons. The first-order valence-electron chi connectivity index (χ1n) is 9.52. The second kappa shape index (κ2) is 9.74. The number of benzene rings is 1. The minimum absolute atomic E-state index is 0.234. The fourth-order valence-corrected chi connectivity index (χ4v) is 3.63. The van der Waals surface area contributed by atoms with Crippen LogP contribution < -0.4 is 5.32 Å². The monoisotopic (exact) mass is 426 g/mol. The molecule has 4 aromatic rings. The lowest BCUT2D eigenvalue weighted by Crippen LogP contribution is -2.13. The summed E-state index contributed by atoms with van der Waals surface area (Å²) in [6.45, 7) is 1.84. The van der Waals surface area contributed by atoms with Crippen LogP contribution in [0.5, 0.6) is 0 Å². The first kappa shape index (κ1) is 20.4. The fraction of sp³-hybridized carbons (Fsp3) is 0.0833. The van der Waals surface area contributed by atoms with Gasteiger partial charge in [-0.25, -0.2) is 9.97 Å². The summed E-state index contributed by atoms with van der Waals surface area (Å²) < 4.78 is 5.09. The SMILES string of the molecule is Cc1cc(CSc2ncccc2C(=O)Nc2cccc(C#Cc3ccccn3)c2)no1. The van der Waals surface area contributed by atoms with Crippen molar-refractivity contribution in [3.8, 4) is 11.8 Å². The molecule has 1 N–H and O–H groups in total. The number of carbonyl (C=O) groups is 1. The van der Waals surface area contributed by atoms with Crippen LogP contribution in [0.25, 0.3) is 0 Å². The van der Waals surface area contributed by atoms with E-state index in [4.69, 9.17) is 4.52 Å². The molecule has 31 heavy (non-hydrogen) atoms. The van der Waals surface area contributed by atoms with Crippen LogP contribution in [0.15, 0.2) is 82.6 Å². The third kappa shape index (κ3) is 5.59. The van der Waals surface area contributed by atoms with Crippen LogP contribution in [0.2, 0.25) is 0 Å². The van der Waals surface area contributed by atoms with Gasteiger partial charge >= 0.3 is 0 Å². The van der Waals surface area contributed by atoms with Gasteiger partial charge in [0.15, 0.2) is 0 Å². The van der Waals surface area contributed by atoms with E-state index in [0.717, 1.165) is 17.0 Å². The van der Waals surface area contributed by atoms with E-state index in [0.29, 0.717) is 27.7 Å². The van der Waals surface area contributed by atoms with E-state index in [1.807, 2.05) is 55.5 Å². The Morgan fingerprint density at radius 2 is 1.94 bits per heavy atom. The maximum absolute atomic E-state index is 12.9. The minimum Gasteiger partial charge on any atom is -0.361 e. The molecular weight excluding hydrogens is 408 g/mol. The molecule has 0 bridgehead atoms. The van der Waals surface area contributed by atoms with Crippen LogP contribution in [0.1, 0.15) is 33.1 Å². The Bertz CT molecular complexity index is 1260. The fourth-order valence-electron chi connectivity index (χ4n) is 2.75. The Morgan fingerprint density at radius 1 is 1.03 bits per heavy atom. The van der Waals surface area contributed by atoms with E-state index in [-0.39, 0.29) is 5.91 Å². The Morgan fingerprint density at radius 3 is 2.74 bits per heavy atom. The molecule has 7 heteroatoms. The summed E-state index contributed by atoms with van der Waals surface area (Å²) in [4.78, 5) is 21.4. The Balaban J connectivity index is 1.47. The maximum Gasteiger partial charge on any atom is 0.258 e. The second-order valence-corrected chi connectivity index (χ2v) is 7.54. The molecule has 0 atom stereocenters. The van der Waals surface area contributed by atoms with Crippen LogP contribution in [-0.4, -0.2) is 21.0 Å². The summed E-state index contributed by atoms with van der Waals surface area (Å²) in [5.41, 5.74) is 3.43. The normalized spacial score (nSPS) is 10.2. The van der Waals surface area contributed by atoms with Crippen LogP contribution in [0, 0.1) is 18.8 Å². The highest BCUT2D eigenvalue weighted by molar-refractivity contribution is 7.98. The lowest BCUT2D eigenvalue weighted by atomic mass is 10.2. The van der Waals surface area contributed by atoms with Gasteiger partial charge in [-0.2, -0.15) is 0 Å². The highest BCUT2D eigenvalue weighted by Gasteiger charge is 2.14. The average molecular weight is 427 g/mol. The van der Waals surface area contributed by atoms with Crippen molar-refractivity contribution in [1.82, 2.24) is 15.1 Å². The summed E-state index contributed by atoms with van der Waals surface area (Å²) in [7, 11) is 0. The Labute approximate surface area is 184 Å². The van der Waals surface area contributed by atoms with Gasteiger partial charge < -0.3 is 9.84 Å².